The van der Waals surface area contributed by atoms with E-state index < -0.39 is 10.0 Å². The molecule has 2 N–H and O–H groups in total. The molecule has 0 radical (unpaired) electrons. The maximum atomic E-state index is 11.5. The summed E-state index contributed by atoms with van der Waals surface area (Å²) in [5.74, 6) is 0.375. The zero-order valence-corrected chi connectivity index (χ0v) is 10.5. The van der Waals surface area contributed by atoms with E-state index in [0.717, 1.165) is 25.7 Å². The first-order valence-electron chi connectivity index (χ1n) is 5.68. The third kappa shape index (κ3) is 5.25. The summed E-state index contributed by atoms with van der Waals surface area (Å²) in [6.07, 6.45) is 3.16. The van der Waals surface area contributed by atoms with Gasteiger partial charge >= 0.3 is 0 Å². The fourth-order valence-electron chi connectivity index (χ4n) is 1.86. The fourth-order valence-corrected chi connectivity index (χ4v) is 2.88. The summed E-state index contributed by atoms with van der Waals surface area (Å²) in [7, 11) is -1.71. The van der Waals surface area contributed by atoms with Crippen LogP contribution in [0.4, 0.5) is 0 Å². The van der Waals surface area contributed by atoms with Gasteiger partial charge in [-0.15, -0.1) is 0 Å². The second kappa shape index (κ2) is 6.54. The Bertz CT molecular complexity index is 283. The zero-order valence-electron chi connectivity index (χ0n) is 9.68. The molecule has 1 aliphatic carbocycles. The third-order valence-electron chi connectivity index (χ3n) is 2.96. The van der Waals surface area contributed by atoms with Gasteiger partial charge in [0.2, 0.25) is 10.0 Å². The summed E-state index contributed by atoms with van der Waals surface area (Å²) in [4.78, 5) is 0. The Kier molecular flexibility index (Phi) is 5.68. The quantitative estimate of drug-likeness (QED) is 0.702. The first kappa shape index (κ1) is 13.9. The molecule has 0 aromatic carbocycles. The van der Waals surface area contributed by atoms with Crippen molar-refractivity contribution in [2.75, 3.05) is 26.0 Å². The number of aliphatic hydroxyl groups is 1. The van der Waals surface area contributed by atoms with Gasteiger partial charge in [0.25, 0.3) is 0 Å². The van der Waals surface area contributed by atoms with E-state index in [-0.39, 0.29) is 18.5 Å². The molecule has 0 atom stereocenters. The Hall–Kier alpha value is -0.170. The lowest BCUT2D eigenvalue weighted by molar-refractivity contribution is 0.109. The minimum absolute atomic E-state index is 0.0127. The Labute approximate surface area is 97.2 Å². The number of hydrogen-bond acceptors (Lipinski definition) is 4. The van der Waals surface area contributed by atoms with E-state index in [1.54, 1.807) is 0 Å². The van der Waals surface area contributed by atoms with Crippen LogP contribution in [-0.4, -0.2) is 45.6 Å². The molecule has 1 saturated carbocycles. The summed E-state index contributed by atoms with van der Waals surface area (Å²) < 4.78 is 30.2. The van der Waals surface area contributed by atoms with Gasteiger partial charge in [0, 0.05) is 13.7 Å². The molecule has 0 aromatic rings. The molecule has 5 nitrogen and oxygen atoms in total. The number of rotatable bonds is 6. The highest BCUT2D eigenvalue weighted by Crippen LogP contribution is 2.23. The molecule has 0 spiro atoms. The van der Waals surface area contributed by atoms with Gasteiger partial charge in [-0.05, 0) is 31.6 Å². The summed E-state index contributed by atoms with van der Waals surface area (Å²) >= 11 is 0. The average Bonchev–Trinajstić information content (AvgIpc) is 2.26. The topological polar surface area (TPSA) is 75.6 Å². The largest absolute Gasteiger partial charge is 0.393 e. The minimum Gasteiger partial charge on any atom is -0.393 e. The van der Waals surface area contributed by atoms with Crippen LogP contribution < -0.4 is 4.72 Å². The lowest BCUT2D eigenvalue weighted by Crippen LogP contribution is -2.34. The SMILES string of the molecule is COCCS(=O)(=O)NCC1CCC(O)CC1. The molecule has 1 fully saturated rings. The minimum atomic E-state index is -3.19. The summed E-state index contributed by atoms with van der Waals surface area (Å²) in [6.45, 7) is 0.706. The Morgan fingerprint density at radius 2 is 1.94 bits per heavy atom. The van der Waals surface area contributed by atoms with Gasteiger partial charge in [0.1, 0.15) is 0 Å². The number of nitrogens with one attached hydrogen (secondary N) is 1. The van der Waals surface area contributed by atoms with Crippen molar-refractivity contribution in [3.8, 4) is 0 Å². The van der Waals surface area contributed by atoms with Gasteiger partial charge in [-0.1, -0.05) is 0 Å². The number of ether oxygens (including phenoxy) is 1. The van der Waals surface area contributed by atoms with E-state index in [4.69, 9.17) is 4.74 Å². The van der Waals surface area contributed by atoms with Crippen molar-refractivity contribution in [1.82, 2.24) is 4.72 Å². The second-order valence-corrected chi connectivity index (χ2v) is 6.26. The molecule has 0 heterocycles. The van der Waals surface area contributed by atoms with Crippen LogP contribution in [0.2, 0.25) is 0 Å². The van der Waals surface area contributed by atoms with Crippen molar-refractivity contribution in [3.05, 3.63) is 0 Å². The van der Waals surface area contributed by atoms with Crippen LogP contribution >= 0.6 is 0 Å². The van der Waals surface area contributed by atoms with Crippen molar-refractivity contribution in [1.29, 1.82) is 0 Å². The molecule has 96 valence electrons. The molecule has 6 heteroatoms. The van der Waals surface area contributed by atoms with Crippen LogP contribution in [0.1, 0.15) is 25.7 Å². The van der Waals surface area contributed by atoms with E-state index in [2.05, 4.69) is 4.72 Å². The maximum absolute atomic E-state index is 11.5. The Balaban J connectivity index is 2.23. The van der Waals surface area contributed by atoms with Crippen LogP contribution in [0.5, 0.6) is 0 Å². The van der Waals surface area contributed by atoms with Crippen molar-refractivity contribution in [2.24, 2.45) is 5.92 Å². The first-order valence-corrected chi connectivity index (χ1v) is 7.33. The number of hydrogen-bond donors (Lipinski definition) is 2. The molecule has 1 aliphatic rings. The lowest BCUT2D eigenvalue weighted by atomic mass is 9.88. The molecule has 0 unspecified atom stereocenters. The predicted molar refractivity (Wildman–Crippen MR) is 61.6 cm³/mol. The summed E-state index contributed by atoms with van der Waals surface area (Å²) in [6, 6.07) is 0. The summed E-state index contributed by atoms with van der Waals surface area (Å²) in [5, 5.41) is 9.32. The van der Waals surface area contributed by atoms with Gasteiger partial charge in [0.05, 0.1) is 18.5 Å². The number of methoxy groups -OCH3 is 1. The molecule has 0 aromatic heterocycles. The molecule has 0 aliphatic heterocycles. The van der Waals surface area contributed by atoms with E-state index >= 15 is 0 Å². The van der Waals surface area contributed by atoms with Crippen LogP contribution in [0.15, 0.2) is 0 Å². The molecule has 0 saturated heterocycles. The van der Waals surface area contributed by atoms with Crippen molar-refractivity contribution >= 4 is 10.0 Å². The molecule has 0 amide bonds. The van der Waals surface area contributed by atoms with E-state index in [1.807, 2.05) is 0 Å². The van der Waals surface area contributed by atoms with Crippen molar-refractivity contribution < 1.29 is 18.3 Å². The van der Waals surface area contributed by atoms with Crippen LogP contribution in [-0.2, 0) is 14.8 Å². The van der Waals surface area contributed by atoms with Crippen LogP contribution in [0, 0.1) is 5.92 Å². The highest BCUT2D eigenvalue weighted by Gasteiger charge is 2.20. The van der Waals surface area contributed by atoms with E-state index in [0.29, 0.717) is 12.5 Å². The van der Waals surface area contributed by atoms with Crippen molar-refractivity contribution in [2.45, 2.75) is 31.8 Å². The predicted octanol–water partition coefficient (Wildman–Crippen LogP) is 0.103. The molecular weight excluding hydrogens is 230 g/mol. The number of sulfonamides is 1. The van der Waals surface area contributed by atoms with E-state index in [9.17, 15) is 13.5 Å². The summed E-state index contributed by atoms with van der Waals surface area (Å²) in [5.41, 5.74) is 0. The maximum Gasteiger partial charge on any atom is 0.213 e. The Morgan fingerprint density at radius 3 is 2.50 bits per heavy atom. The van der Waals surface area contributed by atoms with Crippen LogP contribution in [0.3, 0.4) is 0 Å². The molecule has 0 bridgehead atoms. The van der Waals surface area contributed by atoms with Gasteiger partial charge in [-0.25, -0.2) is 13.1 Å². The first-order chi connectivity index (χ1) is 7.53. The molecule has 1 rings (SSSR count). The molecular formula is C10H21NO4S. The van der Waals surface area contributed by atoms with E-state index in [1.165, 1.54) is 7.11 Å². The second-order valence-electron chi connectivity index (χ2n) is 4.33. The number of aliphatic hydroxyl groups excluding tert-OH is 1. The van der Waals surface area contributed by atoms with Gasteiger partial charge in [-0.3, -0.25) is 0 Å². The van der Waals surface area contributed by atoms with Crippen molar-refractivity contribution in [3.63, 3.8) is 0 Å². The highest BCUT2D eigenvalue weighted by atomic mass is 32.2. The van der Waals surface area contributed by atoms with Gasteiger partial charge in [-0.2, -0.15) is 0 Å². The van der Waals surface area contributed by atoms with Gasteiger partial charge in [0.15, 0.2) is 0 Å². The standard InChI is InChI=1S/C10H21NO4S/c1-15-6-7-16(13,14)11-8-9-2-4-10(12)5-3-9/h9-12H,2-8H2,1H3. The third-order valence-corrected chi connectivity index (χ3v) is 4.28. The lowest BCUT2D eigenvalue weighted by Gasteiger charge is -2.25. The smallest absolute Gasteiger partial charge is 0.213 e. The van der Waals surface area contributed by atoms with Gasteiger partial charge < -0.3 is 9.84 Å². The normalized spacial score (nSPS) is 26.9. The monoisotopic (exact) mass is 251 g/mol. The fraction of sp³-hybridized carbons (Fsp3) is 1.00. The average molecular weight is 251 g/mol. The zero-order chi connectivity index (χ0) is 12.0. The van der Waals surface area contributed by atoms with Crippen LogP contribution in [0.25, 0.3) is 0 Å². The Morgan fingerprint density at radius 1 is 1.31 bits per heavy atom. The molecule has 16 heavy (non-hydrogen) atoms. The highest BCUT2D eigenvalue weighted by molar-refractivity contribution is 7.89.